The molecule has 2 aromatic heterocycles. The topological polar surface area (TPSA) is 80.3 Å². The summed E-state index contributed by atoms with van der Waals surface area (Å²) in [6, 6.07) is 11.3. The summed E-state index contributed by atoms with van der Waals surface area (Å²) in [5, 5.41) is 1.40. The van der Waals surface area contributed by atoms with Crippen LogP contribution in [-0.2, 0) is 6.42 Å². The first-order valence-electron chi connectivity index (χ1n) is 10.9. The van der Waals surface area contributed by atoms with Crippen LogP contribution in [-0.4, -0.2) is 50.9 Å². The molecule has 0 radical (unpaired) electrons. The number of carbonyl (C=O) groups excluding carboxylic acids is 1. The highest BCUT2D eigenvalue weighted by atomic mass is 32.2. The van der Waals surface area contributed by atoms with Gasteiger partial charge in [-0.3, -0.25) is 4.98 Å². The van der Waals surface area contributed by atoms with E-state index in [0.717, 1.165) is 48.8 Å². The van der Waals surface area contributed by atoms with E-state index in [1.54, 1.807) is 35.3 Å². The number of likely N-dealkylation sites (tertiary alicyclic amines) is 1. The molecule has 1 aliphatic rings. The smallest absolute Gasteiger partial charge is 0.415 e. The van der Waals surface area contributed by atoms with Crippen molar-refractivity contribution in [3.63, 3.8) is 0 Å². The van der Waals surface area contributed by atoms with Gasteiger partial charge in [-0.15, -0.1) is 0 Å². The fraction of sp³-hybridized carbons (Fsp3) is 0.375. The van der Waals surface area contributed by atoms with Crippen molar-refractivity contribution in [2.24, 2.45) is 5.92 Å². The lowest BCUT2D eigenvalue weighted by Crippen LogP contribution is -2.41. The minimum Gasteiger partial charge on any atom is -0.492 e. The number of carbonyl (C=O) groups is 1. The van der Waals surface area contributed by atoms with Gasteiger partial charge in [0.05, 0.1) is 12.8 Å². The Balaban J connectivity index is 1.18. The number of nitrogens with one attached hydrogen (secondary N) is 1. The minimum atomic E-state index is -0.276. The third-order valence-electron chi connectivity index (χ3n) is 5.65. The van der Waals surface area contributed by atoms with Crippen molar-refractivity contribution in [3.05, 3.63) is 66.7 Å². The number of ether oxygens (including phenoxy) is 2. The first-order chi connectivity index (χ1) is 15.7. The normalized spacial score (nSPS) is 15.3. The van der Waals surface area contributed by atoms with Gasteiger partial charge in [-0.05, 0) is 48.6 Å². The average Bonchev–Trinajstić information content (AvgIpc) is 3.34. The summed E-state index contributed by atoms with van der Waals surface area (Å²) in [6.45, 7) is 4.23. The van der Waals surface area contributed by atoms with Crippen molar-refractivity contribution in [1.29, 1.82) is 0 Å². The molecule has 1 aliphatic heterocycles. The third-order valence-corrected chi connectivity index (χ3v) is 6.86. The molecule has 1 fully saturated rings. The van der Waals surface area contributed by atoms with E-state index in [4.69, 9.17) is 9.47 Å². The Hall–Kier alpha value is -3.00. The molecule has 3 aromatic rings. The van der Waals surface area contributed by atoms with Gasteiger partial charge in [0.25, 0.3) is 0 Å². The van der Waals surface area contributed by atoms with E-state index in [1.807, 2.05) is 42.6 Å². The lowest BCUT2D eigenvalue weighted by Gasteiger charge is -2.33. The van der Waals surface area contributed by atoms with Crippen molar-refractivity contribution >= 4 is 17.9 Å². The zero-order chi connectivity index (χ0) is 22.2. The van der Waals surface area contributed by atoms with Crippen molar-refractivity contribution in [2.45, 2.75) is 36.6 Å². The number of benzene rings is 1. The van der Waals surface area contributed by atoms with Crippen LogP contribution in [0.2, 0.25) is 0 Å². The minimum absolute atomic E-state index is 0.276. The standard InChI is InChI=1S/C24H28N4O3S/c1-18(32-23-26-12-13-27-23)20-8-14-28(15-9-20)24(29)31-21-6-4-19(5-7-21)10-16-30-22-3-2-11-25-17-22/h2-7,11-13,17-18,20H,8-10,14-16H2,1H3,(H,26,27). The summed E-state index contributed by atoms with van der Waals surface area (Å²) in [4.78, 5) is 25.8. The highest BCUT2D eigenvalue weighted by molar-refractivity contribution is 7.99. The summed E-state index contributed by atoms with van der Waals surface area (Å²) in [6.07, 6.45) is 9.47. The molecule has 168 valence electrons. The van der Waals surface area contributed by atoms with Gasteiger partial charge in [-0.25, -0.2) is 9.78 Å². The molecule has 32 heavy (non-hydrogen) atoms. The van der Waals surface area contributed by atoms with Crippen LogP contribution in [0.1, 0.15) is 25.3 Å². The number of aromatic nitrogens is 3. The van der Waals surface area contributed by atoms with E-state index < -0.39 is 0 Å². The lowest BCUT2D eigenvalue weighted by molar-refractivity contribution is 0.131. The summed E-state index contributed by atoms with van der Waals surface area (Å²) in [5.41, 5.74) is 1.12. The second-order valence-electron chi connectivity index (χ2n) is 7.84. The van der Waals surface area contributed by atoms with E-state index in [1.165, 1.54) is 0 Å². The van der Waals surface area contributed by atoms with Gasteiger partial charge in [0.1, 0.15) is 11.5 Å². The second kappa shape index (κ2) is 11.0. The Labute approximate surface area is 192 Å². The number of imidazole rings is 1. The van der Waals surface area contributed by atoms with E-state index in [9.17, 15) is 4.79 Å². The van der Waals surface area contributed by atoms with Gasteiger partial charge in [-0.1, -0.05) is 30.8 Å². The van der Waals surface area contributed by atoms with Crippen LogP contribution < -0.4 is 9.47 Å². The number of hydrogen-bond donors (Lipinski definition) is 1. The van der Waals surface area contributed by atoms with E-state index in [2.05, 4.69) is 21.9 Å². The van der Waals surface area contributed by atoms with Crippen LogP contribution >= 0.6 is 11.8 Å². The average molecular weight is 453 g/mol. The molecule has 0 spiro atoms. The maximum absolute atomic E-state index is 12.6. The number of H-pyrrole nitrogens is 1. The number of nitrogens with zero attached hydrogens (tertiary/aromatic N) is 3. The molecule has 1 aromatic carbocycles. The van der Waals surface area contributed by atoms with Gasteiger partial charge in [-0.2, -0.15) is 0 Å². The highest BCUT2D eigenvalue weighted by Crippen LogP contribution is 2.31. The Morgan fingerprint density at radius 2 is 2.00 bits per heavy atom. The molecule has 1 atom stereocenters. The van der Waals surface area contributed by atoms with E-state index in [-0.39, 0.29) is 6.09 Å². The van der Waals surface area contributed by atoms with Crippen molar-refractivity contribution in [2.75, 3.05) is 19.7 Å². The third kappa shape index (κ3) is 6.26. The van der Waals surface area contributed by atoms with Crippen molar-refractivity contribution < 1.29 is 14.3 Å². The zero-order valence-corrected chi connectivity index (χ0v) is 19.0. The van der Waals surface area contributed by atoms with Crippen molar-refractivity contribution in [3.8, 4) is 11.5 Å². The summed E-state index contributed by atoms with van der Waals surface area (Å²) in [5.74, 6) is 1.88. The molecule has 0 saturated carbocycles. The predicted molar refractivity (Wildman–Crippen MR) is 124 cm³/mol. The van der Waals surface area contributed by atoms with Crippen molar-refractivity contribution in [1.82, 2.24) is 19.9 Å². The van der Waals surface area contributed by atoms with Crippen LogP contribution in [0.3, 0.4) is 0 Å². The Kier molecular flexibility index (Phi) is 7.66. The van der Waals surface area contributed by atoms with Gasteiger partial charge in [0.2, 0.25) is 0 Å². The van der Waals surface area contributed by atoms with Crippen LogP contribution in [0.15, 0.2) is 66.3 Å². The molecule has 1 amide bonds. The Morgan fingerprint density at radius 1 is 1.19 bits per heavy atom. The number of amides is 1. The quantitative estimate of drug-likeness (QED) is 0.494. The molecule has 0 aliphatic carbocycles. The number of hydrogen-bond acceptors (Lipinski definition) is 6. The van der Waals surface area contributed by atoms with Crippen LogP contribution in [0, 0.1) is 5.92 Å². The number of thioether (sulfide) groups is 1. The number of rotatable bonds is 8. The molecule has 0 bridgehead atoms. The lowest BCUT2D eigenvalue weighted by atomic mass is 9.94. The largest absolute Gasteiger partial charge is 0.492 e. The number of piperidine rings is 1. The fourth-order valence-electron chi connectivity index (χ4n) is 3.75. The van der Waals surface area contributed by atoms with Crippen LogP contribution in [0.25, 0.3) is 0 Å². The molecular weight excluding hydrogens is 424 g/mol. The molecule has 4 rings (SSSR count). The summed E-state index contributed by atoms with van der Waals surface area (Å²) in [7, 11) is 0. The van der Waals surface area contributed by atoms with Gasteiger partial charge in [0, 0.05) is 43.4 Å². The molecule has 8 heteroatoms. The number of pyridine rings is 1. The van der Waals surface area contributed by atoms with Gasteiger partial charge in [0.15, 0.2) is 5.16 Å². The first kappa shape index (κ1) is 22.2. The zero-order valence-electron chi connectivity index (χ0n) is 18.1. The van der Waals surface area contributed by atoms with Gasteiger partial charge < -0.3 is 19.4 Å². The fourth-order valence-corrected chi connectivity index (χ4v) is 4.82. The Bertz CT molecular complexity index is 959. The highest BCUT2D eigenvalue weighted by Gasteiger charge is 2.28. The predicted octanol–water partition coefficient (Wildman–Crippen LogP) is 4.82. The molecule has 1 unspecified atom stereocenters. The molecule has 1 N–H and O–H groups in total. The maximum atomic E-state index is 12.6. The maximum Gasteiger partial charge on any atom is 0.415 e. The molecule has 3 heterocycles. The molecule has 7 nitrogen and oxygen atoms in total. The van der Waals surface area contributed by atoms with Crippen LogP contribution in [0.4, 0.5) is 4.79 Å². The summed E-state index contributed by atoms with van der Waals surface area (Å²) < 4.78 is 11.3. The first-order valence-corrected chi connectivity index (χ1v) is 11.8. The van der Waals surface area contributed by atoms with Gasteiger partial charge >= 0.3 is 6.09 Å². The van der Waals surface area contributed by atoms with Crippen LogP contribution in [0.5, 0.6) is 11.5 Å². The SMILES string of the molecule is CC(Sc1ncc[nH]1)C1CCN(C(=O)Oc2ccc(CCOc3cccnc3)cc2)CC1. The molecular formula is C24H28N4O3S. The Morgan fingerprint density at radius 3 is 2.69 bits per heavy atom. The number of aromatic amines is 1. The van der Waals surface area contributed by atoms with E-state index >= 15 is 0 Å². The summed E-state index contributed by atoms with van der Waals surface area (Å²) >= 11 is 1.76. The monoisotopic (exact) mass is 452 g/mol. The van der Waals surface area contributed by atoms with E-state index in [0.29, 0.717) is 23.5 Å². The molecule has 1 saturated heterocycles. The second-order valence-corrected chi connectivity index (χ2v) is 9.21.